The lowest BCUT2D eigenvalue weighted by Crippen LogP contribution is -2.39. The van der Waals surface area contributed by atoms with Gasteiger partial charge in [-0.1, -0.05) is 30.3 Å². The van der Waals surface area contributed by atoms with E-state index < -0.39 is 17.4 Å². The van der Waals surface area contributed by atoms with Gasteiger partial charge in [-0.2, -0.15) is 0 Å². The fourth-order valence-corrected chi connectivity index (χ4v) is 2.39. The molecule has 5 nitrogen and oxygen atoms in total. The number of ether oxygens (including phenoxy) is 1. The molecule has 1 atom stereocenters. The van der Waals surface area contributed by atoms with Crippen LogP contribution in [0.4, 0.5) is 0 Å². The normalized spacial score (nSPS) is 17.5. The molecule has 0 aromatic heterocycles. The molecule has 0 saturated heterocycles. The number of carbonyl (C=O) groups is 1. The summed E-state index contributed by atoms with van der Waals surface area (Å²) in [5.41, 5.74) is -0.0326. The van der Waals surface area contributed by atoms with Crippen LogP contribution in [0, 0.1) is 15.5 Å². The summed E-state index contributed by atoms with van der Waals surface area (Å²) in [6.07, 6.45) is 1.36. The molecule has 1 fully saturated rings. The molecule has 5 heteroatoms. The van der Waals surface area contributed by atoms with Gasteiger partial charge in [0.15, 0.2) is 0 Å². The first-order valence-electron chi connectivity index (χ1n) is 6.45. The summed E-state index contributed by atoms with van der Waals surface area (Å²) in [5, 5.41) is 11.3. The standard InChI is InChI=1S/C14H17NO4/c1-2-19-13(16)14(8-9-14)12(15(17)18)10-11-6-4-3-5-7-11/h3-7,12H,2,8-10H2,1H3. The van der Waals surface area contributed by atoms with E-state index in [9.17, 15) is 14.9 Å². The van der Waals surface area contributed by atoms with Gasteiger partial charge < -0.3 is 4.74 Å². The number of hydrogen-bond donors (Lipinski definition) is 0. The summed E-state index contributed by atoms with van der Waals surface area (Å²) in [5.74, 6) is -0.423. The lowest BCUT2D eigenvalue weighted by Gasteiger charge is -2.18. The van der Waals surface area contributed by atoms with E-state index in [1.807, 2.05) is 30.3 Å². The Morgan fingerprint density at radius 2 is 2.05 bits per heavy atom. The van der Waals surface area contributed by atoms with Gasteiger partial charge in [0.1, 0.15) is 5.41 Å². The van der Waals surface area contributed by atoms with Gasteiger partial charge in [0, 0.05) is 11.3 Å². The highest BCUT2D eigenvalue weighted by atomic mass is 16.6. The largest absolute Gasteiger partial charge is 0.465 e. The highest BCUT2D eigenvalue weighted by Crippen LogP contribution is 2.51. The van der Waals surface area contributed by atoms with E-state index in [1.54, 1.807) is 6.92 Å². The average molecular weight is 263 g/mol. The summed E-state index contributed by atoms with van der Waals surface area (Å²) in [6, 6.07) is 8.35. The highest BCUT2D eigenvalue weighted by molar-refractivity contribution is 5.80. The van der Waals surface area contributed by atoms with E-state index >= 15 is 0 Å². The number of benzene rings is 1. The van der Waals surface area contributed by atoms with E-state index in [-0.39, 0.29) is 18.0 Å². The second-order valence-corrected chi connectivity index (χ2v) is 4.87. The number of hydrogen-bond acceptors (Lipinski definition) is 4. The molecule has 0 aliphatic heterocycles. The predicted octanol–water partition coefficient (Wildman–Crippen LogP) is 2.22. The van der Waals surface area contributed by atoms with Gasteiger partial charge in [0.25, 0.3) is 0 Å². The highest BCUT2D eigenvalue weighted by Gasteiger charge is 2.63. The zero-order valence-corrected chi connectivity index (χ0v) is 10.9. The lowest BCUT2D eigenvalue weighted by atomic mass is 9.91. The van der Waals surface area contributed by atoms with Gasteiger partial charge >= 0.3 is 5.97 Å². The number of nitrogens with zero attached hydrogens (tertiary/aromatic N) is 1. The Morgan fingerprint density at radius 3 is 2.53 bits per heavy atom. The second kappa shape index (κ2) is 5.38. The van der Waals surface area contributed by atoms with Gasteiger partial charge in [-0.3, -0.25) is 14.9 Å². The molecule has 1 saturated carbocycles. The fourth-order valence-electron chi connectivity index (χ4n) is 2.39. The van der Waals surface area contributed by atoms with Crippen molar-refractivity contribution in [3.8, 4) is 0 Å². The van der Waals surface area contributed by atoms with Gasteiger partial charge in [0.05, 0.1) is 6.61 Å². The van der Waals surface area contributed by atoms with Crippen molar-refractivity contribution < 1.29 is 14.5 Å². The second-order valence-electron chi connectivity index (χ2n) is 4.87. The first-order valence-corrected chi connectivity index (χ1v) is 6.45. The van der Waals surface area contributed by atoms with Crippen LogP contribution in [0.2, 0.25) is 0 Å². The summed E-state index contributed by atoms with van der Waals surface area (Å²) in [7, 11) is 0. The van der Waals surface area contributed by atoms with Crippen LogP contribution in [0.3, 0.4) is 0 Å². The molecule has 0 N–H and O–H groups in total. The molecule has 1 aromatic rings. The first kappa shape index (κ1) is 13.5. The van der Waals surface area contributed by atoms with Crippen LogP contribution < -0.4 is 0 Å². The van der Waals surface area contributed by atoms with Crippen molar-refractivity contribution in [2.24, 2.45) is 5.41 Å². The fraction of sp³-hybridized carbons (Fsp3) is 0.500. The molecule has 1 unspecified atom stereocenters. The van der Waals surface area contributed by atoms with Crippen molar-refractivity contribution in [3.63, 3.8) is 0 Å². The van der Waals surface area contributed by atoms with Gasteiger partial charge in [-0.25, -0.2) is 0 Å². The molecule has 0 amide bonds. The Kier molecular flexibility index (Phi) is 3.83. The van der Waals surface area contributed by atoms with Crippen molar-refractivity contribution in [1.29, 1.82) is 0 Å². The van der Waals surface area contributed by atoms with Crippen LogP contribution in [-0.2, 0) is 16.0 Å². The predicted molar refractivity (Wildman–Crippen MR) is 69.2 cm³/mol. The minimum Gasteiger partial charge on any atom is -0.465 e. The molecule has 0 bridgehead atoms. The monoisotopic (exact) mass is 263 g/mol. The third kappa shape index (κ3) is 2.75. The van der Waals surface area contributed by atoms with Crippen LogP contribution in [0.1, 0.15) is 25.3 Å². The molecule has 0 spiro atoms. The van der Waals surface area contributed by atoms with Crippen LogP contribution in [0.25, 0.3) is 0 Å². The zero-order valence-electron chi connectivity index (χ0n) is 10.9. The maximum Gasteiger partial charge on any atom is 0.319 e. The molecule has 1 aliphatic rings. The van der Waals surface area contributed by atoms with Gasteiger partial charge in [-0.05, 0) is 25.3 Å². The molecule has 0 heterocycles. The average Bonchev–Trinajstić information content (AvgIpc) is 3.18. The first-order chi connectivity index (χ1) is 9.10. The third-order valence-corrected chi connectivity index (χ3v) is 3.63. The van der Waals surface area contributed by atoms with Crippen molar-refractivity contribution in [2.75, 3.05) is 6.61 Å². The number of esters is 1. The Bertz CT molecular complexity index is 468. The molecular formula is C14H17NO4. The van der Waals surface area contributed by atoms with Crippen molar-refractivity contribution in [2.45, 2.75) is 32.2 Å². The third-order valence-electron chi connectivity index (χ3n) is 3.63. The SMILES string of the molecule is CCOC(=O)C1(C(Cc2ccccc2)[N+](=O)[O-])CC1. The lowest BCUT2D eigenvalue weighted by molar-refractivity contribution is -0.532. The number of rotatable bonds is 6. The number of nitro groups is 1. The maximum absolute atomic E-state index is 11.9. The molecule has 0 radical (unpaired) electrons. The van der Waals surface area contributed by atoms with Crippen LogP contribution in [0.15, 0.2) is 30.3 Å². The molecule has 19 heavy (non-hydrogen) atoms. The van der Waals surface area contributed by atoms with Crippen LogP contribution >= 0.6 is 0 Å². The Labute approximate surface area is 111 Å². The smallest absolute Gasteiger partial charge is 0.319 e. The van der Waals surface area contributed by atoms with Gasteiger partial charge in [-0.15, -0.1) is 0 Å². The minimum absolute atomic E-state index is 0.260. The topological polar surface area (TPSA) is 69.4 Å². The Hall–Kier alpha value is -1.91. The Balaban J connectivity index is 2.17. The van der Waals surface area contributed by atoms with E-state index in [2.05, 4.69) is 0 Å². The zero-order chi connectivity index (χ0) is 13.9. The van der Waals surface area contributed by atoms with Crippen LogP contribution in [-0.4, -0.2) is 23.5 Å². The molecule has 1 aromatic carbocycles. The molecular weight excluding hydrogens is 246 g/mol. The number of carbonyl (C=O) groups excluding carboxylic acids is 1. The van der Waals surface area contributed by atoms with Gasteiger partial charge in [0.2, 0.25) is 6.04 Å². The van der Waals surface area contributed by atoms with Crippen molar-refractivity contribution >= 4 is 5.97 Å². The quantitative estimate of drug-likeness (QED) is 0.448. The van der Waals surface area contributed by atoms with E-state index in [0.29, 0.717) is 12.8 Å². The maximum atomic E-state index is 11.9. The van der Waals surface area contributed by atoms with Crippen molar-refractivity contribution in [1.82, 2.24) is 0 Å². The summed E-state index contributed by atoms with van der Waals surface area (Å²) in [4.78, 5) is 22.9. The molecule has 1 aliphatic carbocycles. The van der Waals surface area contributed by atoms with E-state index in [0.717, 1.165) is 5.56 Å². The summed E-state index contributed by atoms with van der Waals surface area (Å²) in [6.45, 7) is 1.97. The van der Waals surface area contributed by atoms with E-state index in [1.165, 1.54) is 0 Å². The van der Waals surface area contributed by atoms with Crippen LogP contribution in [0.5, 0.6) is 0 Å². The van der Waals surface area contributed by atoms with E-state index in [4.69, 9.17) is 4.74 Å². The molecule has 102 valence electrons. The minimum atomic E-state index is -0.907. The van der Waals surface area contributed by atoms with Crippen molar-refractivity contribution in [3.05, 3.63) is 46.0 Å². The summed E-state index contributed by atoms with van der Waals surface area (Å²) >= 11 is 0. The summed E-state index contributed by atoms with van der Waals surface area (Å²) < 4.78 is 4.99. The molecule has 2 rings (SSSR count). The Morgan fingerprint density at radius 1 is 1.42 bits per heavy atom.